The minimum Gasteiger partial charge on any atom is -0.478 e. The highest BCUT2D eigenvalue weighted by atomic mass is 19.2. The van der Waals surface area contributed by atoms with E-state index in [-0.39, 0.29) is 17.3 Å². The van der Waals surface area contributed by atoms with Crippen molar-refractivity contribution in [3.63, 3.8) is 0 Å². The van der Waals surface area contributed by atoms with Crippen LogP contribution in [0.25, 0.3) is 17.5 Å². The monoisotopic (exact) mass is 252 g/mol. The van der Waals surface area contributed by atoms with Gasteiger partial charge in [0.1, 0.15) is 0 Å². The van der Waals surface area contributed by atoms with Crippen LogP contribution in [0.2, 0.25) is 0 Å². The molecule has 0 aliphatic carbocycles. The normalized spacial score (nSPS) is 11.0. The molecule has 0 aliphatic heterocycles. The summed E-state index contributed by atoms with van der Waals surface area (Å²) >= 11 is 0. The molecule has 0 fully saturated rings. The van der Waals surface area contributed by atoms with E-state index in [4.69, 9.17) is 9.52 Å². The molecular weight excluding hydrogens is 246 g/mol. The molecule has 1 aromatic heterocycles. The van der Waals surface area contributed by atoms with Crippen LogP contribution >= 0.6 is 0 Å². The molecule has 0 amide bonds. The van der Waals surface area contributed by atoms with Gasteiger partial charge in [-0.15, -0.1) is 10.2 Å². The van der Waals surface area contributed by atoms with E-state index >= 15 is 0 Å². The first-order chi connectivity index (χ1) is 8.56. The van der Waals surface area contributed by atoms with Crippen molar-refractivity contribution in [2.45, 2.75) is 0 Å². The summed E-state index contributed by atoms with van der Waals surface area (Å²) in [7, 11) is 0. The van der Waals surface area contributed by atoms with Crippen molar-refractivity contribution in [1.82, 2.24) is 10.2 Å². The van der Waals surface area contributed by atoms with E-state index in [1.54, 1.807) is 0 Å². The molecule has 0 atom stereocenters. The van der Waals surface area contributed by atoms with E-state index in [1.165, 1.54) is 6.07 Å². The summed E-state index contributed by atoms with van der Waals surface area (Å²) in [6.45, 7) is 0. The number of carbonyl (C=O) groups is 1. The minimum atomic E-state index is -1.16. The van der Waals surface area contributed by atoms with Crippen molar-refractivity contribution in [3.8, 4) is 11.5 Å². The number of hydrogen-bond donors (Lipinski definition) is 1. The fourth-order valence-corrected chi connectivity index (χ4v) is 1.19. The first-order valence-corrected chi connectivity index (χ1v) is 4.76. The van der Waals surface area contributed by atoms with Crippen LogP contribution in [0, 0.1) is 11.6 Å². The fraction of sp³-hybridized carbons (Fsp3) is 0. The van der Waals surface area contributed by atoms with Crippen LogP contribution in [0.5, 0.6) is 0 Å². The number of halogens is 2. The van der Waals surface area contributed by atoms with Gasteiger partial charge in [-0.1, -0.05) is 0 Å². The average molecular weight is 252 g/mol. The van der Waals surface area contributed by atoms with Crippen LogP contribution in [-0.4, -0.2) is 21.3 Å². The quantitative estimate of drug-likeness (QED) is 0.846. The van der Waals surface area contributed by atoms with E-state index in [2.05, 4.69) is 10.2 Å². The van der Waals surface area contributed by atoms with Crippen molar-refractivity contribution in [2.75, 3.05) is 0 Å². The van der Waals surface area contributed by atoms with Crippen LogP contribution in [0.1, 0.15) is 5.89 Å². The molecule has 2 aromatic rings. The maximum atomic E-state index is 13.0. The van der Waals surface area contributed by atoms with Crippen LogP contribution in [-0.2, 0) is 4.79 Å². The van der Waals surface area contributed by atoms with Gasteiger partial charge in [0, 0.05) is 17.7 Å². The summed E-state index contributed by atoms with van der Waals surface area (Å²) in [6, 6.07) is 3.12. The van der Waals surface area contributed by atoms with Crippen LogP contribution in [0.15, 0.2) is 28.7 Å². The first kappa shape index (κ1) is 11.9. The lowest BCUT2D eigenvalue weighted by Gasteiger charge is -1.95. The van der Waals surface area contributed by atoms with Gasteiger partial charge in [0.05, 0.1) is 0 Å². The number of carboxylic acids is 1. The largest absolute Gasteiger partial charge is 0.478 e. The van der Waals surface area contributed by atoms with E-state index < -0.39 is 17.6 Å². The third kappa shape index (κ3) is 2.57. The molecular formula is C11H6F2N2O3. The second kappa shape index (κ2) is 4.74. The second-order valence-electron chi connectivity index (χ2n) is 3.25. The third-order valence-electron chi connectivity index (χ3n) is 1.98. The molecule has 0 bridgehead atoms. The molecule has 92 valence electrons. The summed E-state index contributed by atoms with van der Waals surface area (Å²) in [5, 5.41) is 15.5. The molecule has 18 heavy (non-hydrogen) atoms. The molecule has 1 aromatic carbocycles. The Balaban J connectivity index is 2.29. The zero-order valence-electron chi connectivity index (χ0n) is 8.80. The highest BCUT2D eigenvalue weighted by molar-refractivity contribution is 5.84. The fourth-order valence-electron chi connectivity index (χ4n) is 1.19. The SMILES string of the molecule is O=C(O)/C=C/c1nnc(-c2ccc(F)c(F)c2)o1. The highest BCUT2D eigenvalue weighted by Gasteiger charge is 2.10. The van der Waals surface area contributed by atoms with Crippen molar-refractivity contribution in [3.05, 3.63) is 41.8 Å². The Hall–Kier alpha value is -2.57. The molecule has 0 unspecified atom stereocenters. The third-order valence-corrected chi connectivity index (χ3v) is 1.98. The Morgan fingerprint density at radius 3 is 2.72 bits per heavy atom. The average Bonchev–Trinajstić information content (AvgIpc) is 2.79. The Morgan fingerprint density at radius 2 is 2.06 bits per heavy atom. The zero-order chi connectivity index (χ0) is 13.1. The predicted molar refractivity (Wildman–Crippen MR) is 56.3 cm³/mol. The van der Waals surface area contributed by atoms with Gasteiger partial charge in [-0.25, -0.2) is 13.6 Å². The summed E-state index contributed by atoms with van der Waals surface area (Å²) in [4.78, 5) is 10.3. The Morgan fingerprint density at radius 1 is 1.28 bits per heavy atom. The predicted octanol–water partition coefficient (Wildman–Crippen LogP) is 2.11. The number of aromatic nitrogens is 2. The first-order valence-electron chi connectivity index (χ1n) is 4.76. The zero-order valence-corrected chi connectivity index (χ0v) is 8.80. The van der Waals surface area contributed by atoms with Crippen molar-refractivity contribution >= 4 is 12.0 Å². The van der Waals surface area contributed by atoms with Gasteiger partial charge in [-0.05, 0) is 18.2 Å². The number of benzene rings is 1. The van der Waals surface area contributed by atoms with Gasteiger partial charge in [-0.3, -0.25) is 0 Å². The topological polar surface area (TPSA) is 76.2 Å². The lowest BCUT2D eigenvalue weighted by molar-refractivity contribution is -0.131. The summed E-state index contributed by atoms with van der Waals surface area (Å²) in [5.41, 5.74) is 0.205. The Bertz CT molecular complexity index is 623. The Kier molecular flexibility index (Phi) is 3.13. The number of rotatable bonds is 3. The van der Waals surface area contributed by atoms with Gasteiger partial charge in [0.15, 0.2) is 11.6 Å². The van der Waals surface area contributed by atoms with Crippen molar-refractivity contribution < 1.29 is 23.1 Å². The van der Waals surface area contributed by atoms with Gasteiger partial charge < -0.3 is 9.52 Å². The maximum Gasteiger partial charge on any atom is 0.328 e. The standard InChI is InChI=1S/C11H6F2N2O3/c12-7-2-1-6(5-8(7)13)11-15-14-9(18-11)3-4-10(16)17/h1-5H,(H,16,17)/b4-3+. The highest BCUT2D eigenvalue weighted by Crippen LogP contribution is 2.20. The van der Waals surface area contributed by atoms with Crippen LogP contribution in [0.3, 0.4) is 0 Å². The molecule has 0 radical (unpaired) electrons. The number of nitrogens with zero attached hydrogens (tertiary/aromatic N) is 2. The van der Waals surface area contributed by atoms with Gasteiger partial charge in [-0.2, -0.15) is 0 Å². The number of hydrogen-bond acceptors (Lipinski definition) is 4. The van der Waals surface area contributed by atoms with Gasteiger partial charge >= 0.3 is 5.97 Å². The van der Waals surface area contributed by atoms with E-state index in [0.29, 0.717) is 0 Å². The van der Waals surface area contributed by atoms with Crippen LogP contribution < -0.4 is 0 Å². The van der Waals surface area contributed by atoms with Crippen LogP contribution in [0.4, 0.5) is 8.78 Å². The molecule has 7 heteroatoms. The molecule has 1 heterocycles. The van der Waals surface area contributed by atoms with Gasteiger partial charge in [0.25, 0.3) is 0 Å². The molecule has 0 aliphatic rings. The van der Waals surface area contributed by atoms with E-state index in [9.17, 15) is 13.6 Å². The molecule has 2 rings (SSSR count). The smallest absolute Gasteiger partial charge is 0.328 e. The lowest BCUT2D eigenvalue weighted by atomic mass is 10.2. The van der Waals surface area contributed by atoms with Gasteiger partial charge in [0.2, 0.25) is 11.8 Å². The number of carboxylic acid groups (broad SMARTS) is 1. The summed E-state index contributed by atoms with van der Waals surface area (Å²) < 4.78 is 30.7. The summed E-state index contributed by atoms with van der Waals surface area (Å²) in [6.07, 6.45) is 1.92. The molecule has 0 spiro atoms. The van der Waals surface area contributed by atoms with E-state index in [1.807, 2.05) is 0 Å². The lowest BCUT2D eigenvalue weighted by Crippen LogP contribution is -1.85. The molecule has 5 nitrogen and oxygen atoms in total. The molecule has 1 N–H and O–H groups in total. The number of aliphatic carboxylic acids is 1. The van der Waals surface area contributed by atoms with Crippen molar-refractivity contribution in [2.24, 2.45) is 0 Å². The molecule has 0 saturated heterocycles. The van der Waals surface area contributed by atoms with Crippen molar-refractivity contribution in [1.29, 1.82) is 0 Å². The minimum absolute atomic E-state index is 0.0288. The molecule has 0 saturated carbocycles. The Labute approximate surface area is 99.4 Å². The second-order valence-corrected chi connectivity index (χ2v) is 3.25. The maximum absolute atomic E-state index is 13.0. The van der Waals surface area contributed by atoms with E-state index in [0.717, 1.165) is 24.3 Å². The summed E-state index contributed by atoms with van der Waals surface area (Å²) in [5.74, 6) is -3.25.